The van der Waals surface area contributed by atoms with Crippen molar-refractivity contribution in [3.8, 4) is 28.5 Å². The Morgan fingerprint density at radius 2 is 1.68 bits per heavy atom. The summed E-state index contributed by atoms with van der Waals surface area (Å²) in [5, 5.41) is 9.20. The summed E-state index contributed by atoms with van der Waals surface area (Å²) in [6.07, 6.45) is 1.69. The third-order valence-electron chi connectivity index (χ3n) is 3.97. The van der Waals surface area contributed by atoms with E-state index in [1.54, 1.807) is 18.3 Å². The minimum atomic E-state index is 0.0808. The van der Waals surface area contributed by atoms with Gasteiger partial charge in [0.25, 0.3) is 0 Å². The normalized spacial score (nSPS) is 9.68. The van der Waals surface area contributed by atoms with Crippen molar-refractivity contribution < 1.29 is 0 Å². The first-order chi connectivity index (χ1) is 12.2. The molecule has 0 aliphatic heterocycles. The van der Waals surface area contributed by atoms with Crippen LogP contribution < -0.4 is 0 Å². The lowest BCUT2D eigenvalue weighted by molar-refractivity contribution is 1.29. The topological polar surface area (TPSA) is 45.4 Å². The third-order valence-corrected chi connectivity index (χ3v) is 3.97. The van der Waals surface area contributed by atoms with Crippen molar-refractivity contribution in [1.82, 2.24) is 4.98 Å². The van der Waals surface area contributed by atoms with Crippen molar-refractivity contribution >= 4 is 11.4 Å². The molecule has 0 fully saturated rings. The van der Waals surface area contributed by atoms with Crippen molar-refractivity contribution in [1.29, 1.82) is 5.26 Å². The maximum atomic E-state index is 9.20. The summed E-state index contributed by atoms with van der Waals surface area (Å²) in [7, 11) is 0. The van der Waals surface area contributed by atoms with Gasteiger partial charge in [0.2, 0.25) is 11.4 Å². The fourth-order valence-corrected chi connectivity index (χ4v) is 2.82. The second kappa shape index (κ2) is 6.67. The van der Waals surface area contributed by atoms with E-state index >= 15 is 0 Å². The Labute approximate surface area is 146 Å². The molecule has 0 aliphatic carbocycles. The summed E-state index contributed by atoms with van der Waals surface area (Å²) in [5.41, 5.74) is 4.62. The number of hydrogen-bond donors (Lipinski definition) is 0. The number of nitriles is 1. The molecule has 0 saturated carbocycles. The van der Waals surface area contributed by atoms with Crippen molar-refractivity contribution in [2.75, 3.05) is 0 Å². The third kappa shape index (κ3) is 2.72. The molecule has 0 bridgehead atoms. The molecule has 25 heavy (non-hydrogen) atoms. The monoisotopic (exact) mass is 320 g/mol. The molecule has 0 saturated heterocycles. The predicted octanol–water partition coefficient (Wildman–Crippen LogP) is 5.70. The first-order valence-electron chi connectivity index (χ1n) is 7.54. The minimum absolute atomic E-state index is 0.0808. The first kappa shape index (κ1) is 15.9. The van der Waals surface area contributed by atoms with Gasteiger partial charge in [0.15, 0.2) is 0 Å². The molecule has 3 aromatic rings. The van der Waals surface area contributed by atoms with Gasteiger partial charge in [-0.05, 0) is 29.7 Å². The van der Waals surface area contributed by atoms with Gasteiger partial charge >= 0.3 is 0 Å². The molecule has 1 aromatic heterocycles. The van der Waals surface area contributed by atoms with Crippen LogP contribution in [-0.4, -0.2) is 4.98 Å². The Hall–Kier alpha value is -3.94. The second-order valence-corrected chi connectivity index (χ2v) is 5.41. The summed E-state index contributed by atoms with van der Waals surface area (Å²) in [6, 6.07) is 17.0. The summed E-state index contributed by atoms with van der Waals surface area (Å²) in [4.78, 5) is 11.4. The highest BCUT2D eigenvalue weighted by atomic mass is 14.8. The number of aryl methyl sites for hydroxylation is 1. The van der Waals surface area contributed by atoms with E-state index in [9.17, 15) is 5.26 Å². The first-order valence-corrected chi connectivity index (χ1v) is 7.54. The highest BCUT2D eigenvalue weighted by molar-refractivity contribution is 5.95. The molecular formula is C21H12N4. The summed E-state index contributed by atoms with van der Waals surface area (Å²) < 4.78 is 0. The van der Waals surface area contributed by atoms with Crippen LogP contribution in [0.4, 0.5) is 11.4 Å². The summed E-state index contributed by atoms with van der Waals surface area (Å²) >= 11 is 0. The highest BCUT2D eigenvalue weighted by Crippen LogP contribution is 2.43. The van der Waals surface area contributed by atoms with E-state index in [0.717, 1.165) is 16.7 Å². The van der Waals surface area contributed by atoms with Gasteiger partial charge in [-0.2, -0.15) is 5.26 Å². The van der Waals surface area contributed by atoms with E-state index < -0.39 is 0 Å². The van der Waals surface area contributed by atoms with Crippen LogP contribution in [0.25, 0.3) is 32.1 Å². The molecular weight excluding hydrogens is 308 g/mol. The molecule has 0 atom stereocenters. The summed E-state index contributed by atoms with van der Waals surface area (Å²) in [5.74, 6) is 0. The maximum absolute atomic E-state index is 9.20. The zero-order valence-electron chi connectivity index (χ0n) is 13.5. The van der Waals surface area contributed by atoms with Crippen LogP contribution >= 0.6 is 0 Å². The molecule has 1 heterocycles. The number of aromatic nitrogens is 1. The van der Waals surface area contributed by atoms with E-state index in [2.05, 4.69) is 14.7 Å². The van der Waals surface area contributed by atoms with Gasteiger partial charge in [0.1, 0.15) is 0 Å². The number of pyridine rings is 1. The molecule has 0 amide bonds. The van der Waals surface area contributed by atoms with Crippen LogP contribution in [0.5, 0.6) is 0 Å². The van der Waals surface area contributed by atoms with Gasteiger partial charge in [-0.15, -0.1) is 0 Å². The van der Waals surface area contributed by atoms with E-state index in [4.69, 9.17) is 13.1 Å². The molecule has 0 aliphatic rings. The predicted molar refractivity (Wildman–Crippen MR) is 97.1 cm³/mol. The van der Waals surface area contributed by atoms with Gasteiger partial charge < -0.3 is 0 Å². The maximum Gasteiger partial charge on any atom is 0.212 e. The van der Waals surface area contributed by atoms with E-state index in [0.29, 0.717) is 11.3 Å². The zero-order chi connectivity index (χ0) is 17.8. The van der Waals surface area contributed by atoms with Crippen molar-refractivity contribution in [2.24, 2.45) is 0 Å². The largest absolute Gasteiger partial charge is 0.257 e. The number of rotatable bonds is 2. The fourth-order valence-electron chi connectivity index (χ4n) is 2.82. The molecule has 0 radical (unpaired) electrons. The Morgan fingerprint density at radius 3 is 2.32 bits per heavy atom. The molecule has 2 aromatic carbocycles. The fraction of sp³-hybridized carbons (Fsp3) is 0.0476. The molecule has 116 valence electrons. The smallest absolute Gasteiger partial charge is 0.212 e. The lowest BCUT2D eigenvalue weighted by atomic mass is 9.93. The van der Waals surface area contributed by atoms with Crippen LogP contribution in [-0.2, 0) is 0 Å². The number of nitrogens with zero attached hydrogens (tertiary/aromatic N) is 4. The molecule has 4 nitrogen and oxygen atoms in total. The highest BCUT2D eigenvalue weighted by Gasteiger charge is 2.19. The molecule has 0 unspecified atom stereocenters. The SMILES string of the molecule is [C-]#[N+]c1c(C#N)ccc(-c2nccc(C)c2-c2ccccc2)c1[N+]#[C-]. The van der Waals surface area contributed by atoms with E-state index in [1.807, 2.05) is 49.4 Å². The van der Waals surface area contributed by atoms with Gasteiger partial charge in [-0.1, -0.05) is 42.5 Å². The Bertz CT molecular complexity index is 1080. The van der Waals surface area contributed by atoms with Crippen molar-refractivity contribution in [3.63, 3.8) is 0 Å². The average molecular weight is 320 g/mol. The Morgan fingerprint density at radius 1 is 0.960 bits per heavy atom. The van der Waals surface area contributed by atoms with Gasteiger partial charge in [0.05, 0.1) is 24.9 Å². The van der Waals surface area contributed by atoms with Crippen LogP contribution in [0.1, 0.15) is 11.1 Å². The average Bonchev–Trinajstić information content (AvgIpc) is 2.67. The second-order valence-electron chi connectivity index (χ2n) is 5.41. The Balaban J connectivity index is 2.38. The van der Waals surface area contributed by atoms with Crippen LogP contribution in [0.15, 0.2) is 54.7 Å². The Kier molecular flexibility index (Phi) is 4.25. The number of benzene rings is 2. The van der Waals surface area contributed by atoms with E-state index in [-0.39, 0.29) is 16.9 Å². The van der Waals surface area contributed by atoms with Crippen molar-refractivity contribution in [3.05, 3.63) is 88.7 Å². The van der Waals surface area contributed by atoms with Crippen LogP contribution in [0, 0.1) is 31.4 Å². The molecule has 0 N–H and O–H groups in total. The van der Waals surface area contributed by atoms with Crippen LogP contribution in [0.2, 0.25) is 0 Å². The van der Waals surface area contributed by atoms with Crippen molar-refractivity contribution in [2.45, 2.75) is 6.92 Å². The number of hydrogen-bond acceptors (Lipinski definition) is 2. The van der Waals surface area contributed by atoms with Crippen LogP contribution in [0.3, 0.4) is 0 Å². The van der Waals surface area contributed by atoms with Gasteiger partial charge in [-0.25, -0.2) is 9.69 Å². The standard InChI is InChI=1S/C21H12N4/c1-14-11-12-25-20(18(14)15-7-5-4-6-8-15)17-10-9-16(13-22)19(23-2)21(17)24-3/h4-12H,1H3. The minimum Gasteiger partial charge on any atom is -0.257 e. The zero-order valence-corrected chi connectivity index (χ0v) is 13.5. The molecule has 0 spiro atoms. The lowest BCUT2D eigenvalue weighted by Gasteiger charge is -2.14. The lowest BCUT2D eigenvalue weighted by Crippen LogP contribution is -1.93. The van der Waals surface area contributed by atoms with E-state index in [1.165, 1.54) is 0 Å². The molecule has 3 rings (SSSR count). The quantitative estimate of drug-likeness (QED) is 0.569. The summed E-state index contributed by atoms with van der Waals surface area (Å²) in [6.45, 7) is 16.9. The van der Waals surface area contributed by atoms with Gasteiger partial charge in [-0.3, -0.25) is 4.98 Å². The molecule has 4 heteroatoms. The van der Waals surface area contributed by atoms with Gasteiger partial charge in [0, 0.05) is 17.3 Å².